The number of rotatable bonds is 12. The molecule has 0 spiro atoms. The lowest BCUT2D eigenvalue weighted by atomic mass is 10.2. The number of sulfonamides is 1. The number of carbonyl (C=O) groups is 2. The number of benzene rings is 2. The molecule has 1 aromatic heterocycles. The van der Waals surface area contributed by atoms with Crippen molar-refractivity contribution in [2.75, 3.05) is 48.9 Å². The van der Waals surface area contributed by atoms with Crippen LogP contribution in [0, 0.1) is 5.92 Å². The average Bonchev–Trinajstić information content (AvgIpc) is 2.95. The minimum atomic E-state index is -4.01. The largest absolute Gasteiger partial charge is 0.452 e. The van der Waals surface area contributed by atoms with Crippen LogP contribution in [0.5, 0.6) is 0 Å². The molecule has 0 saturated carbocycles. The molecule has 0 radical (unpaired) electrons. The van der Waals surface area contributed by atoms with Crippen LogP contribution in [-0.4, -0.2) is 63.8 Å². The normalized spacial score (nSPS) is 11.3. The van der Waals surface area contributed by atoms with Crippen LogP contribution in [-0.2, 0) is 30.8 Å². The zero-order valence-corrected chi connectivity index (χ0v) is 24.0. The van der Waals surface area contributed by atoms with Gasteiger partial charge >= 0.3 is 11.7 Å². The van der Waals surface area contributed by atoms with Crippen molar-refractivity contribution in [2.45, 2.75) is 25.3 Å². The van der Waals surface area contributed by atoms with Crippen LogP contribution < -0.4 is 26.2 Å². The van der Waals surface area contributed by atoms with Gasteiger partial charge in [0, 0.05) is 27.2 Å². The lowest BCUT2D eigenvalue weighted by Gasteiger charge is -2.24. The van der Waals surface area contributed by atoms with E-state index < -0.39 is 39.8 Å². The third-order valence-electron chi connectivity index (χ3n) is 6.03. The molecule has 0 aliphatic heterocycles. The molecule has 3 rings (SSSR count). The summed E-state index contributed by atoms with van der Waals surface area (Å²) in [6.07, 6.45) is 0. The third kappa shape index (κ3) is 7.21. The minimum absolute atomic E-state index is 0.00453. The van der Waals surface area contributed by atoms with Gasteiger partial charge in [0.2, 0.25) is 0 Å². The molecule has 0 saturated heterocycles. The molecule has 1 amide bonds. The smallest absolute Gasteiger partial charge is 0.338 e. The lowest BCUT2D eigenvalue weighted by molar-refractivity contribution is -0.121. The number of anilines is 3. The SMILES string of the molecule is COCCN(C(=O)COC(=O)c1cccc(S(=O)(=O)N(C)c2ccccc2)c1)c1c(N)n(CC(C)C)c(=O)[nH]c1=O. The fourth-order valence-electron chi connectivity index (χ4n) is 3.94. The van der Waals surface area contributed by atoms with Crippen molar-refractivity contribution in [1.29, 1.82) is 0 Å². The van der Waals surface area contributed by atoms with Gasteiger partial charge in [-0.3, -0.25) is 28.3 Å². The Bertz CT molecular complexity index is 1620. The highest BCUT2D eigenvalue weighted by atomic mass is 32.2. The zero-order chi connectivity index (χ0) is 30.3. The van der Waals surface area contributed by atoms with E-state index in [1.807, 2.05) is 13.8 Å². The van der Waals surface area contributed by atoms with E-state index in [9.17, 15) is 27.6 Å². The molecule has 41 heavy (non-hydrogen) atoms. The van der Waals surface area contributed by atoms with E-state index in [1.54, 1.807) is 30.3 Å². The Hall–Kier alpha value is -4.43. The highest BCUT2D eigenvalue weighted by Crippen LogP contribution is 2.23. The maximum atomic E-state index is 13.2. The standard InChI is InChI=1S/C27H33N5O8S/c1-18(2)16-32-24(28)23(25(34)29-27(32)36)31(13-14-39-4)22(33)17-40-26(35)19-9-8-12-21(15-19)41(37,38)30(3)20-10-6-5-7-11-20/h5-12,15,18H,13-14,16-17,28H2,1-4H3,(H,29,34,36). The summed E-state index contributed by atoms with van der Waals surface area (Å²) in [5.74, 6) is -1.99. The fourth-order valence-corrected chi connectivity index (χ4v) is 5.18. The Balaban J connectivity index is 1.84. The Morgan fingerprint density at radius 2 is 1.76 bits per heavy atom. The van der Waals surface area contributed by atoms with Crippen molar-refractivity contribution >= 4 is 39.1 Å². The monoisotopic (exact) mass is 587 g/mol. The number of nitrogen functional groups attached to an aromatic ring is 1. The quantitative estimate of drug-likeness (QED) is 0.297. The van der Waals surface area contributed by atoms with E-state index in [0.717, 1.165) is 19.8 Å². The van der Waals surface area contributed by atoms with Crippen molar-refractivity contribution < 1.29 is 27.5 Å². The molecule has 3 N–H and O–H groups in total. The summed E-state index contributed by atoms with van der Waals surface area (Å²) in [7, 11) is -1.22. The number of aromatic amines is 1. The van der Waals surface area contributed by atoms with Crippen molar-refractivity contribution in [1.82, 2.24) is 9.55 Å². The maximum Gasteiger partial charge on any atom is 0.338 e. The number of nitrogens with zero attached hydrogens (tertiary/aromatic N) is 3. The molecule has 0 unspecified atom stereocenters. The summed E-state index contributed by atoms with van der Waals surface area (Å²) in [5.41, 5.74) is 4.59. The fraction of sp³-hybridized carbons (Fsp3) is 0.333. The summed E-state index contributed by atoms with van der Waals surface area (Å²) in [5, 5.41) is 0. The van der Waals surface area contributed by atoms with Crippen molar-refractivity contribution in [3.05, 3.63) is 81.0 Å². The number of ether oxygens (including phenoxy) is 2. The summed E-state index contributed by atoms with van der Waals surface area (Å²) >= 11 is 0. The van der Waals surface area contributed by atoms with Crippen LogP contribution in [0.25, 0.3) is 0 Å². The summed E-state index contributed by atoms with van der Waals surface area (Å²) in [6.45, 7) is 2.98. The highest BCUT2D eigenvalue weighted by molar-refractivity contribution is 7.92. The third-order valence-corrected chi connectivity index (χ3v) is 7.81. The van der Waals surface area contributed by atoms with E-state index >= 15 is 0 Å². The first-order chi connectivity index (χ1) is 19.4. The molecule has 0 aliphatic rings. The van der Waals surface area contributed by atoms with E-state index in [0.29, 0.717) is 5.69 Å². The number of esters is 1. The average molecular weight is 588 g/mol. The topological polar surface area (TPSA) is 174 Å². The van der Waals surface area contributed by atoms with Crippen molar-refractivity contribution in [3.8, 4) is 0 Å². The van der Waals surface area contributed by atoms with Gasteiger partial charge in [-0.05, 0) is 36.2 Å². The number of nitrogens with one attached hydrogen (secondary N) is 1. The maximum absolute atomic E-state index is 13.2. The van der Waals surface area contributed by atoms with Gasteiger partial charge in [0.1, 0.15) is 5.82 Å². The lowest BCUT2D eigenvalue weighted by Crippen LogP contribution is -2.44. The van der Waals surface area contributed by atoms with Crippen LogP contribution in [0.1, 0.15) is 24.2 Å². The zero-order valence-electron chi connectivity index (χ0n) is 23.2. The Morgan fingerprint density at radius 1 is 1.07 bits per heavy atom. The summed E-state index contributed by atoms with van der Waals surface area (Å²) in [4.78, 5) is 54.0. The first-order valence-electron chi connectivity index (χ1n) is 12.6. The van der Waals surface area contributed by atoms with Gasteiger partial charge in [-0.2, -0.15) is 0 Å². The molecule has 0 bridgehead atoms. The van der Waals surface area contributed by atoms with Crippen LogP contribution in [0.2, 0.25) is 0 Å². The minimum Gasteiger partial charge on any atom is -0.452 e. The van der Waals surface area contributed by atoms with Gasteiger partial charge in [0.15, 0.2) is 12.3 Å². The number of hydrogen-bond donors (Lipinski definition) is 2. The number of aromatic nitrogens is 2. The molecule has 0 fully saturated rings. The first-order valence-corrected chi connectivity index (χ1v) is 14.1. The second kappa shape index (κ2) is 13.3. The number of H-pyrrole nitrogens is 1. The van der Waals surface area contributed by atoms with Crippen molar-refractivity contribution in [2.24, 2.45) is 5.92 Å². The molecule has 1 heterocycles. The second-order valence-corrected chi connectivity index (χ2v) is 11.4. The number of amides is 1. The number of methoxy groups -OCH3 is 1. The van der Waals surface area contributed by atoms with Gasteiger partial charge in [-0.15, -0.1) is 0 Å². The Kier molecular flexibility index (Phi) is 10.1. The van der Waals surface area contributed by atoms with E-state index in [4.69, 9.17) is 15.2 Å². The second-order valence-electron chi connectivity index (χ2n) is 9.45. The first kappa shape index (κ1) is 31.1. The van der Waals surface area contributed by atoms with Gasteiger partial charge in [0.05, 0.1) is 22.8 Å². The summed E-state index contributed by atoms with van der Waals surface area (Å²) in [6, 6.07) is 13.6. The van der Waals surface area contributed by atoms with Crippen molar-refractivity contribution in [3.63, 3.8) is 0 Å². The molecule has 220 valence electrons. The van der Waals surface area contributed by atoms with Crippen LogP contribution in [0.3, 0.4) is 0 Å². The van der Waals surface area contributed by atoms with Gasteiger partial charge in [-0.25, -0.2) is 18.0 Å². The number of hydrogen-bond acceptors (Lipinski definition) is 9. The van der Waals surface area contributed by atoms with Gasteiger partial charge in [0.25, 0.3) is 21.5 Å². The predicted octanol–water partition coefficient (Wildman–Crippen LogP) is 1.44. The Labute approximate surface area is 237 Å². The molecule has 3 aromatic rings. The molecule has 14 heteroatoms. The summed E-state index contributed by atoms with van der Waals surface area (Å²) < 4.78 is 38.7. The number of carbonyl (C=O) groups excluding carboxylic acids is 2. The molecule has 13 nitrogen and oxygen atoms in total. The van der Waals surface area contributed by atoms with Gasteiger partial charge in [-0.1, -0.05) is 38.1 Å². The van der Waals surface area contributed by atoms with E-state index in [1.165, 1.54) is 32.4 Å². The van der Waals surface area contributed by atoms with E-state index in [2.05, 4.69) is 4.98 Å². The molecule has 0 atom stereocenters. The molecular formula is C27H33N5O8S. The van der Waals surface area contributed by atoms with Crippen LogP contribution >= 0.6 is 0 Å². The van der Waals surface area contributed by atoms with E-state index in [-0.39, 0.29) is 47.6 Å². The highest BCUT2D eigenvalue weighted by Gasteiger charge is 2.26. The number of nitrogens with two attached hydrogens (primary N) is 1. The molecule has 2 aromatic carbocycles. The van der Waals surface area contributed by atoms with Crippen LogP contribution in [0.4, 0.5) is 17.2 Å². The Morgan fingerprint density at radius 3 is 2.39 bits per heavy atom. The molecular weight excluding hydrogens is 554 g/mol. The molecule has 0 aliphatic carbocycles. The number of para-hydroxylation sites is 1. The van der Waals surface area contributed by atoms with Gasteiger partial charge < -0.3 is 15.2 Å². The predicted molar refractivity (Wildman–Crippen MR) is 154 cm³/mol. The van der Waals surface area contributed by atoms with Crippen LogP contribution in [0.15, 0.2) is 69.1 Å².